The Morgan fingerprint density at radius 1 is 1.20 bits per heavy atom. The van der Waals surface area contributed by atoms with Gasteiger partial charge >= 0.3 is 0 Å². The monoisotopic (exact) mass is 134 g/mol. The third-order valence-corrected chi connectivity index (χ3v) is 1.10. The first kappa shape index (κ1) is 8.96. The van der Waals surface area contributed by atoms with Crippen LogP contribution in [0.3, 0.4) is 0 Å². The molecule has 0 radical (unpaired) electrons. The van der Waals surface area contributed by atoms with E-state index in [4.69, 9.17) is 0 Å². The van der Waals surface area contributed by atoms with Crippen molar-refractivity contribution < 1.29 is 0 Å². The van der Waals surface area contributed by atoms with Crippen LogP contribution in [0, 0.1) is 0 Å². The maximum atomic E-state index is 3.64. The molecule has 0 atom stereocenters. The van der Waals surface area contributed by atoms with Crippen molar-refractivity contribution in [3.8, 4) is 0 Å². The molecule has 0 rings (SSSR count). The summed E-state index contributed by atoms with van der Waals surface area (Å²) in [6.45, 7) is 7.65. The highest BCUT2D eigenvalue weighted by Crippen LogP contribution is 1.92. The first-order valence-electron chi connectivity index (χ1n) is 3.40. The maximum absolute atomic E-state index is 3.64. The molecule has 54 valence electrons. The van der Waals surface area contributed by atoms with E-state index in [1.165, 1.54) is 5.57 Å². The third-order valence-electron chi connectivity index (χ3n) is 1.10. The zero-order chi connectivity index (χ0) is 7.82. The summed E-state index contributed by atoms with van der Waals surface area (Å²) in [5, 5.41) is 0. The molecule has 0 fully saturated rings. The van der Waals surface area contributed by atoms with Crippen molar-refractivity contribution in [2.45, 2.75) is 13.8 Å². The van der Waals surface area contributed by atoms with Gasteiger partial charge in [0, 0.05) is 0 Å². The van der Waals surface area contributed by atoms with E-state index in [2.05, 4.69) is 6.58 Å². The van der Waals surface area contributed by atoms with Crippen molar-refractivity contribution >= 4 is 0 Å². The number of hydrogen-bond donors (Lipinski definition) is 0. The highest BCUT2D eigenvalue weighted by Gasteiger charge is 1.71. The molecule has 0 spiro atoms. The van der Waals surface area contributed by atoms with Gasteiger partial charge in [-0.25, -0.2) is 0 Å². The number of rotatable bonds is 3. The van der Waals surface area contributed by atoms with Gasteiger partial charge in [-0.05, 0) is 13.8 Å². The minimum atomic E-state index is 1.18. The van der Waals surface area contributed by atoms with Gasteiger partial charge in [0.05, 0.1) is 0 Å². The van der Waals surface area contributed by atoms with Crippen LogP contribution < -0.4 is 0 Å². The van der Waals surface area contributed by atoms with Crippen LogP contribution >= 0.6 is 0 Å². The van der Waals surface area contributed by atoms with E-state index in [1.807, 2.05) is 50.3 Å². The van der Waals surface area contributed by atoms with Gasteiger partial charge in [-0.1, -0.05) is 48.6 Å². The summed E-state index contributed by atoms with van der Waals surface area (Å²) in [6.07, 6.45) is 11.8. The second kappa shape index (κ2) is 6.09. The molecular formula is C10H14. The molecule has 0 nitrogen and oxygen atoms in total. The standard InChI is InChI=1S/C10H14/c1-4-6-7-8-9-10(3)5-2/h4-9H,2H2,1,3H3/b6-4-,8-7-,10-9-. The van der Waals surface area contributed by atoms with Crippen molar-refractivity contribution in [3.05, 3.63) is 48.6 Å². The van der Waals surface area contributed by atoms with Gasteiger partial charge in [-0.3, -0.25) is 0 Å². The highest BCUT2D eigenvalue weighted by atomic mass is 13.8. The third kappa shape index (κ3) is 5.10. The first-order valence-corrected chi connectivity index (χ1v) is 3.40. The molecule has 0 amide bonds. The molecule has 0 heterocycles. The summed E-state index contributed by atoms with van der Waals surface area (Å²) >= 11 is 0. The van der Waals surface area contributed by atoms with E-state index in [-0.39, 0.29) is 0 Å². The highest BCUT2D eigenvalue weighted by molar-refractivity contribution is 5.21. The predicted octanol–water partition coefficient (Wildman–Crippen LogP) is 3.25. The Hall–Kier alpha value is -1.04. The van der Waals surface area contributed by atoms with Gasteiger partial charge in [0.15, 0.2) is 0 Å². The molecule has 0 aromatic rings. The van der Waals surface area contributed by atoms with Crippen molar-refractivity contribution in [1.82, 2.24) is 0 Å². The normalized spacial score (nSPS) is 13.2. The van der Waals surface area contributed by atoms with Crippen molar-refractivity contribution in [1.29, 1.82) is 0 Å². The molecule has 0 bridgehead atoms. The van der Waals surface area contributed by atoms with Gasteiger partial charge in [0.2, 0.25) is 0 Å². The Kier molecular flexibility index (Phi) is 5.45. The number of hydrogen-bond acceptors (Lipinski definition) is 0. The van der Waals surface area contributed by atoms with Crippen molar-refractivity contribution in [2.75, 3.05) is 0 Å². The zero-order valence-corrected chi connectivity index (χ0v) is 6.67. The summed E-state index contributed by atoms with van der Waals surface area (Å²) < 4.78 is 0. The van der Waals surface area contributed by atoms with Crippen LogP contribution in [0.15, 0.2) is 48.6 Å². The van der Waals surface area contributed by atoms with Crippen molar-refractivity contribution in [3.63, 3.8) is 0 Å². The zero-order valence-electron chi connectivity index (χ0n) is 6.67. The largest absolute Gasteiger partial charge is 0.0988 e. The molecule has 0 aromatic carbocycles. The summed E-state index contributed by atoms with van der Waals surface area (Å²) in [7, 11) is 0. The Morgan fingerprint density at radius 3 is 2.40 bits per heavy atom. The Bertz CT molecular complexity index is 168. The van der Waals surface area contributed by atoms with Gasteiger partial charge in [-0.2, -0.15) is 0 Å². The Balaban J connectivity index is 3.81. The van der Waals surface area contributed by atoms with E-state index >= 15 is 0 Å². The smallest absolute Gasteiger partial charge is 0.0398 e. The summed E-state index contributed by atoms with van der Waals surface area (Å²) in [5.41, 5.74) is 1.18. The molecular weight excluding hydrogens is 120 g/mol. The van der Waals surface area contributed by atoms with Crippen molar-refractivity contribution in [2.24, 2.45) is 0 Å². The lowest BCUT2D eigenvalue weighted by atomic mass is 10.3. The molecule has 0 unspecified atom stereocenters. The molecule has 0 N–H and O–H groups in total. The molecule has 0 aliphatic heterocycles. The maximum Gasteiger partial charge on any atom is -0.0398 e. The van der Waals surface area contributed by atoms with Gasteiger partial charge in [0.25, 0.3) is 0 Å². The predicted molar refractivity (Wildman–Crippen MR) is 47.9 cm³/mol. The van der Waals surface area contributed by atoms with Gasteiger partial charge < -0.3 is 0 Å². The lowest BCUT2D eigenvalue weighted by molar-refractivity contribution is 1.53. The van der Waals surface area contributed by atoms with Crippen LogP contribution in [0.2, 0.25) is 0 Å². The minimum Gasteiger partial charge on any atom is -0.0988 e. The van der Waals surface area contributed by atoms with Crippen LogP contribution in [0.5, 0.6) is 0 Å². The molecule has 0 aliphatic rings. The Morgan fingerprint density at radius 2 is 1.90 bits per heavy atom. The minimum absolute atomic E-state index is 1.18. The van der Waals surface area contributed by atoms with E-state index in [0.29, 0.717) is 0 Å². The van der Waals surface area contributed by atoms with Crippen LogP contribution in [0.4, 0.5) is 0 Å². The van der Waals surface area contributed by atoms with Crippen LogP contribution in [0.1, 0.15) is 13.8 Å². The van der Waals surface area contributed by atoms with Crippen LogP contribution in [-0.2, 0) is 0 Å². The molecule has 0 saturated carbocycles. The molecule has 10 heavy (non-hydrogen) atoms. The Labute approximate surface area is 63.3 Å². The lowest BCUT2D eigenvalue weighted by Crippen LogP contribution is -1.61. The van der Waals surface area contributed by atoms with Gasteiger partial charge in [0.1, 0.15) is 0 Å². The second-order valence-electron chi connectivity index (χ2n) is 2.03. The first-order chi connectivity index (χ1) is 4.81. The SMILES string of the molecule is C=C\C(C)=C/C=C\C=C/C. The molecule has 0 aliphatic carbocycles. The van der Waals surface area contributed by atoms with E-state index < -0.39 is 0 Å². The molecule has 0 heteroatoms. The number of allylic oxidation sites excluding steroid dienone is 7. The summed E-state index contributed by atoms with van der Waals surface area (Å²) in [6, 6.07) is 0. The molecule has 0 saturated heterocycles. The van der Waals surface area contributed by atoms with Crippen LogP contribution in [-0.4, -0.2) is 0 Å². The van der Waals surface area contributed by atoms with Gasteiger partial charge in [-0.15, -0.1) is 0 Å². The average Bonchev–Trinajstić information content (AvgIpc) is 1.98. The van der Waals surface area contributed by atoms with E-state index in [9.17, 15) is 0 Å². The lowest BCUT2D eigenvalue weighted by Gasteiger charge is -1.82. The average molecular weight is 134 g/mol. The fourth-order valence-corrected chi connectivity index (χ4v) is 0.451. The second-order valence-corrected chi connectivity index (χ2v) is 2.03. The topological polar surface area (TPSA) is 0 Å². The van der Waals surface area contributed by atoms with E-state index in [1.54, 1.807) is 0 Å². The van der Waals surface area contributed by atoms with Crippen LogP contribution in [0.25, 0.3) is 0 Å². The summed E-state index contributed by atoms with van der Waals surface area (Å²) in [4.78, 5) is 0. The van der Waals surface area contributed by atoms with E-state index in [0.717, 1.165) is 0 Å². The fourth-order valence-electron chi connectivity index (χ4n) is 0.451. The quantitative estimate of drug-likeness (QED) is 0.520. The fraction of sp³-hybridized carbons (Fsp3) is 0.200. The summed E-state index contributed by atoms with van der Waals surface area (Å²) in [5.74, 6) is 0. The molecule has 0 aromatic heterocycles.